The van der Waals surface area contributed by atoms with Crippen LogP contribution in [-0.4, -0.2) is 39.8 Å². The second-order valence-electron chi connectivity index (χ2n) is 2.84. The van der Waals surface area contributed by atoms with E-state index in [1.165, 1.54) is 6.92 Å². The first kappa shape index (κ1) is 14.4. The number of carbonyl (C=O) groups is 1. The average Bonchev–Trinajstić information content (AvgIpc) is 2.01. The third-order valence-corrected chi connectivity index (χ3v) is 2.93. The van der Waals surface area contributed by atoms with Gasteiger partial charge in [-0.3, -0.25) is 13.7 Å². The summed E-state index contributed by atoms with van der Waals surface area (Å²) in [6.07, 6.45) is -4.73. The molecule has 0 aromatic rings. The third-order valence-electron chi connectivity index (χ3n) is 1.43. The first-order valence-electron chi connectivity index (χ1n) is 4.01. The van der Waals surface area contributed by atoms with E-state index in [0.29, 0.717) is 0 Å². The van der Waals surface area contributed by atoms with Crippen molar-refractivity contribution >= 4 is 16.8 Å². The topological polar surface area (TPSA) is 63.6 Å². The molecule has 0 saturated carbocycles. The highest BCUT2D eigenvalue weighted by Gasteiger charge is 2.29. The molecule has 0 aliphatic carbocycles. The van der Waals surface area contributed by atoms with Gasteiger partial charge in [-0.1, -0.05) is 6.92 Å². The maximum absolute atomic E-state index is 11.5. The predicted octanol–water partition coefficient (Wildman–Crippen LogP) is 0.992. The molecule has 8 heteroatoms. The SMILES string of the molecule is CC(CS(=O)CCOC(F)(F)F)C(=O)O. The number of halogens is 3. The van der Waals surface area contributed by atoms with Crippen molar-refractivity contribution in [3.8, 4) is 0 Å². The number of carboxylic acids is 1. The van der Waals surface area contributed by atoms with Crippen LogP contribution in [0.4, 0.5) is 13.2 Å². The molecule has 4 nitrogen and oxygen atoms in total. The van der Waals surface area contributed by atoms with E-state index in [0.717, 1.165) is 0 Å². The molecule has 0 spiro atoms. The smallest absolute Gasteiger partial charge is 0.481 e. The van der Waals surface area contributed by atoms with E-state index in [1.807, 2.05) is 0 Å². The molecule has 2 unspecified atom stereocenters. The van der Waals surface area contributed by atoms with Crippen LogP contribution < -0.4 is 0 Å². The lowest BCUT2D eigenvalue weighted by atomic mass is 10.2. The van der Waals surface area contributed by atoms with Crippen molar-refractivity contribution in [3.05, 3.63) is 0 Å². The maximum Gasteiger partial charge on any atom is 0.522 e. The van der Waals surface area contributed by atoms with Gasteiger partial charge in [-0.25, -0.2) is 0 Å². The molecular formula is C7H11F3O4S. The zero-order chi connectivity index (χ0) is 12.1. The largest absolute Gasteiger partial charge is 0.522 e. The number of alkyl halides is 3. The van der Waals surface area contributed by atoms with Crippen LogP contribution in [0.3, 0.4) is 0 Å². The molecule has 0 aromatic carbocycles. The molecule has 0 radical (unpaired) electrons. The minimum atomic E-state index is -4.73. The van der Waals surface area contributed by atoms with Crippen molar-refractivity contribution < 1.29 is 32.0 Å². The van der Waals surface area contributed by atoms with Crippen LogP contribution in [0.2, 0.25) is 0 Å². The first-order valence-corrected chi connectivity index (χ1v) is 5.49. The molecule has 0 aliphatic rings. The van der Waals surface area contributed by atoms with E-state index in [2.05, 4.69) is 4.74 Å². The van der Waals surface area contributed by atoms with Gasteiger partial charge in [0.1, 0.15) is 0 Å². The molecule has 1 N–H and O–H groups in total. The molecule has 0 aromatic heterocycles. The van der Waals surface area contributed by atoms with Gasteiger partial charge < -0.3 is 5.11 Å². The first-order chi connectivity index (χ1) is 6.72. The van der Waals surface area contributed by atoms with Crippen LogP contribution in [0.15, 0.2) is 0 Å². The maximum atomic E-state index is 11.5. The second kappa shape index (κ2) is 6.06. The van der Waals surface area contributed by atoms with Gasteiger partial charge in [0.2, 0.25) is 0 Å². The van der Waals surface area contributed by atoms with Gasteiger partial charge >= 0.3 is 12.3 Å². The van der Waals surface area contributed by atoms with Crippen LogP contribution in [0.5, 0.6) is 0 Å². The van der Waals surface area contributed by atoms with Crippen molar-refractivity contribution in [2.24, 2.45) is 5.92 Å². The number of aliphatic carboxylic acids is 1. The van der Waals surface area contributed by atoms with E-state index in [4.69, 9.17) is 5.11 Å². The molecule has 2 atom stereocenters. The summed E-state index contributed by atoms with van der Waals surface area (Å²) < 4.78 is 48.9. The molecule has 0 aliphatic heterocycles. The summed E-state index contributed by atoms with van der Waals surface area (Å²) in [6.45, 7) is 0.618. The number of ether oxygens (including phenoxy) is 1. The zero-order valence-corrected chi connectivity index (χ0v) is 8.73. The summed E-state index contributed by atoms with van der Waals surface area (Å²) in [5.41, 5.74) is 0. The standard InChI is InChI=1S/C7H11F3O4S/c1-5(6(11)12)4-15(13)3-2-14-7(8,9)10/h5H,2-4H2,1H3,(H,11,12). The molecule has 0 fully saturated rings. The van der Waals surface area contributed by atoms with E-state index < -0.39 is 35.7 Å². The lowest BCUT2D eigenvalue weighted by molar-refractivity contribution is -0.322. The quantitative estimate of drug-likeness (QED) is 0.761. The lowest BCUT2D eigenvalue weighted by Crippen LogP contribution is -2.22. The Labute approximate surface area is 86.9 Å². The Morgan fingerprint density at radius 3 is 2.47 bits per heavy atom. The number of hydrogen-bond acceptors (Lipinski definition) is 3. The number of carboxylic acid groups (broad SMARTS) is 1. The molecule has 0 rings (SSSR count). The highest BCUT2D eigenvalue weighted by molar-refractivity contribution is 7.85. The van der Waals surface area contributed by atoms with Gasteiger partial charge in [0.15, 0.2) is 0 Å². The fraction of sp³-hybridized carbons (Fsp3) is 0.857. The van der Waals surface area contributed by atoms with E-state index in [1.54, 1.807) is 0 Å². The van der Waals surface area contributed by atoms with E-state index >= 15 is 0 Å². The third kappa shape index (κ3) is 8.37. The Balaban J connectivity index is 3.72. The molecular weight excluding hydrogens is 237 g/mol. The van der Waals surface area contributed by atoms with Gasteiger partial charge in [-0.05, 0) is 0 Å². The monoisotopic (exact) mass is 248 g/mol. The Morgan fingerprint density at radius 1 is 1.53 bits per heavy atom. The molecule has 0 amide bonds. The minimum Gasteiger partial charge on any atom is -0.481 e. The summed E-state index contributed by atoms with van der Waals surface area (Å²) >= 11 is 0. The molecule has 15 heavy (non-hydrogen) atoms. The number of hydrogen-bond donors (Lipinski definition) is 1. The summed E-state index contributed by atoms with van der Waals surface area (Å²) in [5.74, 6) is -2.45. The molecule has 0 bridgehead atoms. The van der Waals surface area contributed by atoms with Crippen LogP contribution in [0.25, 0.3) is 0 Å². The van der Waals surface area contributed by atoms with Crippen molar-refractivity contribution in [1.29, 1.82) is 0 Å². The molecule has 0 heterocycles. The predicted molar refractivity (Wildman–Crippen MR) is 46.7 cm³/mol. The summed E-state index contributed by atoms with van der Waals surface area (Å²) in [6, 6.07) is 0. The molecule has 0 saturated heterocycles. The highest BCUT2D eigenvalue weighted by Crippen LogP contribution is 2.15. The molecule has 90 valence electrons. The highest BCUT2D eigenvalue weighted by atomic mass is 32.2. The lowest BCUT2D eigenvalue weighted by Gasteiger charge is -2.08. The van der Waals surface area contributed by atoms with Crippen LogP contribution in [-0.2, 0) is 20.3 Å². The minimum absolute atomic E-state index is 0.170. The van der Waals surface area contributed by atoms with Gasteiger partial charge in [-0.2, -0.15) is 0 Å². The average molecular weight is 248 g/mol. The Kier molecular flexibility index (Phi) is 5.81. The zero-order valence-electron chi connectivity index (χ0n) is 7.91. The summed E-state index contributed by atoms with van der Waals surface area (Å²) in [7, 11) is -1.61. The van der Waals surface area contributed by atoms with Crippen LogP contribution >= 0.6 is 0 Å². The Bertz CT molecular complexity index is 241. The summed E-state index contributed by atoms with van der Waals surface area (Å²) in [4.78, 5) is 10.3. The normalized spacial score (nSPS) is 16.0. The Morgan fingerprint density at radius 2 is 2.07 bits per heavy atom. The van der Waals surface area contributed by atoms with Gasteiger partial charge in [0, 0.05) is 22.3 Å². The van der Waals surface area contributed by atoms with E-state index in [-0.39, 0.29) is 11.5 Å². The second-order valence-corrected chi connectivity index (χ2v) is 4.47. The van der Waals surface area contributed by atoms with Crippen molar-refractivity contribution in [2.45, 2.75) is 13.3 Å². The van der Waals surface area contributed by atoms with Crippen LogP contribution in [0.1, 0.15) is 6.92 Å². The fourth-order valence-electron chi connectivity index (χ4n) is 0.684. The van der Waals surface area contributed by atoms with Crippen molar-refractivity contribution in [1.82, 2.24) is 0 Å². The van der Waals surface area contributed by atoms with Crippen molar-refractivity contribution in [3.63, 3.8) is 0 Å². The summed E-state index contributed by atoms with van der Waals surface area (Å²) in [5, 5.41) is 8.44. The van der Waals surface area contributed by atoms with Gasteiger partial charge in [0.05, 0.1) is 12.5 Å². The van der Waals surface area contributed by atoms with Gasteiger partial charge in [-0.15, -0.1) is 13.2 Å². The van der Waals surface area contributed by atoms with Crippen molar-refractivity contribution in [2.75, 3.05) is 18.1 Å². The fourth-order valence-corrected chi connectivity index (χ4v) is 1.82. The Hall–Kier alpha value is -0.630. The van der Waals surface area contributed by atoms with Crippen LogP contribution in [0, 0.1) is 5.92 Å². The number of rotatable bonds is 6. The van der Waals surface area contributed by atoms with Gasteiger partial charge in [0.25, 0.3) is 0 Å². The van der Waals surface area contributed by atoms with E-state index in [9.17, 15) is 22.2 Å².